The molecule has 2 rings (SSSR count). The van der Waals surface area contributed by atoms with Gasteiger partial charge in [0.2, 0.25) is 11.0 Å². The quantitative estimate of drug-likeness (QED) is 0.794. The number of piperidine rings is 1. The highest BCUT2D eigenvalue weighted by atomic mass is 32.1. The van der Waals surface area contributed by atoms with Crippen molar-refractivity contribution in [3.63, 3.8) is 0 Å². The zero-order chi connectivity index (χ0) is 15.8. The number of hydrogen-bond acceptors (Lipinski definition) is 6. The van der Waals surface area contributed by atoms with Crippen LogP contribution in [0.15, 0.2) is 0 Å². The first kappa shape index (κ1) is 17.3. The minimum atomic E-state index is -0.0182. The van der Waals surface area contributed by atoms with Crippen LogP contribution in [0, 0.1) is 0 Å². The van der Waals surface area contributed by atoms with Gasteiger partial charge in [-0.3, -0.25) is 15.0 Å². The van der Waals surface area contributed by atoms with Crippen molar-refractivity contribution in [1.29, 1.82) is 0 Å². The van der Waals surface area contributed by atoms with E-state index in [9.17, 15) is 4.79 Å². The van der Waals surface area contributed by atoms with E-state index in [-0.39, 0.29) is 12.0 Å². The lowest BCUT2D eigenvalue weighted by Crippen LogP contribution is -2.43. The number of likely N-dealkylation sites (tertiary alicyclic amines) is 1. The Kier molecular flexibility index (Phi) is 7.21. The number of anilines is 1. The SMILES string of the molecule is CCCO[C@@H]1CCCN(CC(=O)Nc2nnc(CCC)s2)C1. The van der Waals surface area contributed by atoms with Crippen molar-refractivity contribution in [3.05, 3.63) is 5.01 Å². The summed E-state index contributed by atoms with van der Waals surface area (Å²) in [6.07, 6.45) is 5.43. The Bertz CT molecular complexity index is 466. The third kappa shape index (κ3) is 5.62. The molecule has 0 saturated carbocycles. The molecule has 1 N–H and O–H groups in total. The molecule has 2 heterocycles. The first-order valence-corrected chi connectivity index (χ1v) is 8.99. The van der Waals surface area contributed by atoms with Gasteiger partial charge in [-0.2, -0.15) is 0 Å². The molecule has 1 atom stereocenters. The van der Waals surface area contributed by atoms with Gasteiger partial charge in [-0.15, -0.1) is 10.2 Å². The summed E-state index contributed by atoms with van der Waals surface area (Å²) in [4.78, 5) is 14.3. The molecule has 1 aliphatic heterocycles. The Morgan fingerprint density at radius 3 is 3.05 bits per heavy atom. The minimum absolute atomic E-state index is 0.0182. The molecule has 0 unspecified atom stereocenters. The first-order chi connectivity index (χ1) is 10.7. The number of rotatable bonds is 8. The van der Waals surface area contributed by atoms with E-state index in [1.165, 1.54) is 11.3 Å². The largest absolute Gasteiger partial charge is 0.377 e. The Balaban J connectivity index is 1.75. The number of nitrogens with one attached hydrogen (secondary N) is 1. The van der Waals surface area contributed by atoms with Crippen molar-refractivity contribution < 1.29 is 9.53 Å². The van der Waals surface area contributed by atoms with Crippen LogP contribution in [0.1, 0.15) is 44.5 Å². The van der Waals surface area contributed by atoms with Crippen molar-refractivity contribution in [2.45, 2.75) is 52.1 Å². The molecule has 124 valence electrons. The number of ether oxygens (including phenoxy) is 1. The van der Waals surface area contributed by atoms with Crippen LogP contribution >= 0.6 is 11.3 Å². The fourth-order valence-corrected chi connectivity index (χ4v) is 3.42. The van der Waals surface area contributed by atoms with Crippen LogP contribution in [0.5, 0.6) is 0 Å². The van der Waals surface area contributed by atoms with Crippen molar-refractivity contribution >= 4 is 22.4 Å². The number of nitrogens with zero attached hydrogens (tertiary/aromatic N) is 3. The lowest BCUT2D eigenvalue weighted by Gasteiger charge is -2.31. The highest BCUT2D eigenvalue weighted by molar-refractivity contribution is 7.15. The average Bonchev–Trinajstić information content (AvgIpc) is 2.93. The van der Waals surface area contributed by atoms with E-state index in [1.54, 1.807) is 0 Å². The Hall–Kier alpha value is -1.05. The zero-order valence-electron chi connectivity index (χ0n) is 13.5. The van der Waals surface area contributed by atoms with E-state index in [1.807, 2.05) is 0 Å². The molecule has 22 heavy (non-hydrogen) atoms. The molecule has 0 radical (unpaired) electrons. The molecule has 1 aromatic heterocycles. The number of hydrogen-bond donors (Lipinski definition) is 1. The van der Waals surface area contributed by atoms with Crippen molar-refractivity contribution in [2.75, 3.05) is 31.6 Å². The number of aromatic nitrogens is 2. The number of carbonyl (C=O) groups is 1. The summed E-state index contributed by atoms with van der Waals surface area (Å²) in [6.45, 7) is 7.21. The van der Waals surface area contributed by atoms with E-state index < -0.39 is 0 Å². The van der Waals surface area contributed by atoms with Crippen LogP contribution in [-0.4, -0.2) is 53.3 Å². The maximum atomic E-state index is 12.1. The van der Waals surface area contributed by atoms with Crippen LogP contribution in [0.25, 0.3) is 0 Å². The predicted molar refractivity (Wildman–Crippen MR) is 88.2 cm³/mol. The van der Waals surface area contributed by atoms with Crippen LogP contribution < -0.4 is 5.32 Å². The molecule has 1 fully saturated rings. The fourth-order valence-electron chi connectivity index (χ4n) is 2.56. The van der Waals surface area contributed by atoms with Crippen LogP contribution in [0.3, 0.4) is 0 Å². The molecular formula is C15H26N4O2S. The highest BCUT2D eigenvalue weighted by Crippen LogP contribution is 2.17. The number of carbonyl (C=O) groups excluding carboxylic acids is 1. The standard InChI is InChI=1S/C15H26N4O2S/c1-3-6-14-17-18-15(22-14)16-13(20)11-19-8-5-7-12(10-19)21-9-4-2/h12H,3-11H2,1-2H3,(H,16,18,20)/t12-/m1/s1. The topological polar surface area (TPSA) is 67.3 Å². The van der Waals surface area contributed by atoms with Gasteiger partial charge in [0, 0.05) is 19.6 Å². The van der Waals surface area contributed by atoms with Gasteiger partial charge >= 0.3 is 0 Å². The van der Waals surface area contributed by atoms with Gasteiger partial charge in [0.05, 0.1) is 12.6 Å². The molecule has 0 bridgehead atoms. The first-order valence-electron chi connectivity index (χ1n) is 8.17. The normalized spacial score (nSPS) is 19.3. The maximum Gasteiger partial charge on any atom is 0.240 e. The van der Waals surface area contributed by atoms with Crippen LogP contribution in [-0.2, 0) is 16.0 Å². The molecule has 1 aliphatic rings. The van der Waals surface area contributed by atoms with Crippen molar-refractivity contribution in [1.82, 2.24) is 15.1 Å². The van der Waals surface area contributed by atoms with Gasteiger partial charge in [0.15, 0.2) is 0 Å². The van der Waals surface area contributed by atoms with E-state index in [0.29, 0.717) is 11.7 Å². The Labute approximate surface area is 136 Å². The molecule has 0 aliphatic carbocycles. The zero-order valence-corrected chi connectivity index (χ0v) is 14.3. The second kappa shape index (κ2) is 9.17. The van der Waals surface area contributed by atoms with E-state index in [2.05, 4.69) is 34.3 Å². The minimum Gasteiger partial charge on any atom is -0.377 e. The Morgan fingerprint density at radius 2 is 2.27 bits per heavy atom. The van der Waals surface area contributed by atoms with Crippen molar-refractivity contribution in [3.8, 4) is 0 Å². The van der Waals surface area contributed by atoms with Gasteiger partial charge in [-0.25, -0.2) is 0 Å². The monoisotopic (exact) mass is 326 g/mol. The molecule has 0 aromatic carbocycles. The summed E-state index contributed by atoms with van der Waals surface area (Å²) in [7, 11) is 0. The second-order valence-electron chi connectivity index (χ2n) is 5.67. The summed E-state index contributed by atoms with van der Waals surface area (Å²) in [5, 5.41) is 12.5. The molecule has 6 nitrogen and oxygen atoms in total. The third-order valence-electron chi connectivity index (χ3n) is 3.56. The van der Waals surface area contributed by atoms with Gasteiger partial charge < -0.3 is 4.74 Å². The van der Waals surface area contributed by atoms with Crippen LogP contribution in [0.4, 0.5) is 5.13 Å². The lowest BCUT2D eigenvalue weighted by atomic mass is 10.1. The summed E-state index contributed by atoms with van der Waals surface area (Å²) in [5.41, 5.74) is 0. The smallest absolute Gasteiger partial charge is 0.240 e. The Morgan fingerprint density at radius 1 is 1.41 bits per heavy atom. The molecule has 1 saturated heterocycles. The molecule has 1 aromatic rings. The van der Waals surface area contributed by atoms with E-state index in [4.69, 9.17) is 4.74 Å². The summed E-state index contributed by atoms with van der Waals surface area (Å²) in [5.74, 6) is -0.0182. The van der Waals surface area contributed by atoms with Gasteiger partial charge in [-0.1, -0.05) is 25.2 Å². The molecule has 7 heteroatoms. The second-order valence-corrected chi connectivity index (χ2v) is 6.73. The third-order valence-corrected chi connectivity index (χ3v) is 4.46. The fraction of sp³-hybridized carbons (Fsp3) is 0.800. The summed E-state index contributed by atoms with van der Waals surface area (Å²) < 4.78 is 5.80. The van der Waals surface area contributed by atoms with Crippen LogP contribution in [0.2, 0.25) is 0 Å². The molecular weight excluding hydrogens is 300 g/mol. The number of aryl methyl sites for hydroxylation is 1. The van der Waals surface area contributed by atoms with Gasteiger partial charge in [0.25, 0.3) is 0 Å². The van der Waals surface area contributed by atoms with Crippen molar-refractivity contribution in [2.24, 2.45) is 0 Å². The summed E-state index contributed by atoms with van der Waals surface area (Å²) >= 11 is 1.46. The lowest BCUT2D eigenvalue weighted by molar-refractivity contribution is -0.118. The predicted octanol–water partition coefficient (Wildman–Crippen LogP) is 2.32. The summed E-state index contributed by atoms with van der Waals surface area (Å²) in [6, 6.07) is 0. The van der Waals surface area contributed by atoms with E-state index >= 15 is 0 Å². The van der Waals surface area contributed by atoms with Gasteiger partial charge in [0.1, 0.15) is 5.01 Å². The van der Waals surface area contributed by atoms with Gasteiger partial charge in [-0.05, 0) is 32.2 Å². The molecule has 0 spiro atoms. The van der Waals surface area contributed by atoms with E-state index in [0.717, 1.165) is 56.8 Å². The molecule has 1 amide bonds. The number of amides is 1. The highest BCUT2D eigenvalue weighted by Gasteiger charge is 2.22. The average molecular weight is 326 g/mol. The maximum absolute atomic E-state index is 12.1.